The fourth-order valence-corrected chi connectivity index (χ4v) is 3.35. The molecule has 1 aliphatic carbocycles. The Kier molecular flexibility index (Phi) is 5.26. The number of para-hydroxylation sites is 1. The Morgan fingerprint density at radius 1 is 1.32 bits per heavy atom. The molecule has 0 spiro atoms. The normalized spacial score (nSPS) is 24.4. The SMILES string of the molecule is CCCOc1ccccc1C(NC)C1CCCC1C. The molecule has 1 fully saturated rings. The summed E-state index contributed by atoms with van der Waals surface area (Å²) in [6.07, 6.45) is 5.11. The summed E-state index contributed by atoms with van der Waals surface area (Å²) in [4.78, 5) is 0. The van der Waals surface area contributed by atoms with Gasteiger partial charge in [0.15, 0.2) is 0 Å². The van der Waals surface area contributed by atoms with Gasteiger partial charge in [0.25, 0.3) is 0 Å². The predicted octanol–water partition coefficient (Wildman–Crippen LogP) is 4.17. The third kappa shape index (κ3) is 3.30. The molecule has 19 heavy (non-hydrogen) atoms. The maximum absolute atomic E-state index is 5.92. The molecule has 1 N–H and O–H groups in total. The summed E-state index contributed by atoms with van der Waals surface area (Å²) >= 11 is 0. The van der Waals surface area contributed by atoms with Crippen LogP contribution in [0.4, 0.5) is 0 Å². The molecule has 0 heterocycles. The third-order valence-electron chi connectivity index (χ3n) is 4.38. The van der Waals surface area contributed by atoms with Gasteiger partial charge in [0.2, 0.25) is 0 Å². The number of benzene rings is 1. The molecule has 0 saturated heterocycles. The second-order valence-corrected chi connectivity index (χ2v) is 5.72. The van der Waals surface area contributed by atoms with E-state index in [1.54, 1.807) is 0 Å². The number of hydrogen-bond donors (Lipinski definition) is 1. The minimum atomic E-state index is 0.422. The van der Waals surface area contributed by atoms with E-state index >= 15 is 0 Å². The number of hydrogen-bond acceptors (Lipinski definition) is 2. The Morgan fingerprint density at radius 3 is 2.74 bits per heavy atom. The van der Waals surface area contributed by atoms with E-state index in [-0.39, 0.29) is 0 Å². The smallest absolute Gasteiger partial charge is 0.124 e. The highest BCUT2D eigenvalue weighted by atomic mass is 16.5. The van der Waals surface area contributed by atoms with E-state index in [0.717, 1.165) is 30.6 Å². The van der Waals surface area contributed by atoms with Crippen molar-refractivity contribution in [3.8, 4) is 5.75 Å². The average Bonchev–Trinajstić information content (AvgIpc) is 2.85. The molecule has 1 aromatic carbocycles. The van der Waals surface area contributed by atoms with Crippen molar-refractivity contribution in [3.05, 3.63) is 29.8 Å². The second kappa shape index (κ2) is 6.95. The lowest BCUT2D eigenvalue weighted by Gasteiger charge is -2.28. The van der Waals surface area contributed by atoms with Crippen LogP contribution in [-0.2, 0) is 0 Å². The van der Waals surface area contributed by atoms with Crippen molar-refractivity contribution >= 4 is 0 Å². The van der Waals surface area contributed by atoms with Gasteiger partial charge < -0.3 is 10.1 Å². The van der Waals surface area contributed by atoms with Gasteiger partial charge in [0, 0.05) is 11.6 Å². The lowest BCUT2D eigenvalue weighted by atomic mass is 9.85. The van der Waals surface area contributed by atoms with E-state index in [1.807, 2.05) is 0 Å². The molecule has 106 valence electrons. The molecule has 0 aliphatic heterocycles. The van der Waals surface area contributed by atoms with Gasteiger partial charge in [-0.3, -0.25) is 0 Å². The van der Waals surface area contributed by atoms with Crippen LogP contribution in [0.5, 0.6) is 5.75 Å². The average molecular weight is 261 g/mol. The molecule has 1 aliphatic rings. The Bertz CT molecular complexity index is 391. The van der Waals surface area contributed by atoms with Crippen LogP contribution in [0.25, 0.3) is 0 Å². The van der Waals surface area contributed by atoms with Crippen LogP contribution in [0.3, 0.4) is 0 Å². The van der Waals surface area contributed by atoms with E-state index in [0.29, 0.717) is 6.04 Å². The maximum atomic E-state index is 5.92. The lowest BCUT2D eigenvalue weighted by Crippen LogP contribution is -2.27. The highest BCUT2D eigenvalue weighted by molar-refractivity contribution is 5.36. The largest absolute Gasteiger partial charge is 0.493 e. The fraction of sp³-hybridized carbons (Fsp3) is 0.647. The molecular formula is C17H27NO. The van der Waals surface area contributed by atoms with Crippen molar-refractivity contribution in [1.82, 2.24) is 5.32 Å². The monoisotopic (exact) mass is 261 g/mol. The van der Waals surface area contributed by atoms with Crippen LogP contribution in [0.1, 0.15) is 51.1 Å². The van der Waals surface area contributed by atoms with Gasteiger partial charge in [0.05, 0.1) is 6.61 Å². The van der Waals surface area contributed by atoms with E-state index < -0.39 is 0 Å². The summed E-state index contributed by atoms with van der Waals surface area (Å²) in [5.74, 6) is 2.59. The minimum Gasteiger partial charge on any atom is -0.493 e. The molecule has 3 atom stereocenters. The molecule has 0 bridgehead atoms. The van der Waals surface area contributed by atoms with Crippen LogP contribution in [0, 0.1) is 11.8 Å². The Morgan fingerprint density at radius 2 is 2.11 bits per heavy atom. The zero-order valence-corrected chi connectivity index (χ0v) is 12.5. The number of rotatable bonds is 6. The molecule has 1 aromatic rings. The van der Waals surface area contributed by atoms with E-state index in [2.05, 4.69) is 50.5 Å². The van der Waals surface area contributed by atoms with Crippen LogP contribution in [-0.4, -0.2) is 13.7 Å². The first kappa shape index (κ1) is 14.4. The highest BCUT2D eigenvalue weighted by Gasteiger charge is 2.32. The summed E-state index contributed by atoms with van der Waals surface area (Å²) in [5, 5.41) is 3.53. The topological polar surface area (TPSA) is 21.3 Å². The molecular weight excluding hydrogens is 234 g/mol. The quantitative estimate of drug-likeness (QED) is 0.829. The Hall–Kier alpha value is -1.02. The fourth-order valence-electron chi connectivity index (χ4n) is 3.35. The van der Waals surface area contributed by atoms with Gasteiger partial charge in [-0.05, 0) is 37.8 Å². The summed E-state index contributed by atoms with van der Waals surface area (Å²) in [7, 11) is 2.08. The van der Waals surface area contributed by atoms with Gasteiger partial charge >= 0.3 is 0 Å². The van der Waals surface area contributed by atoms with Crippen molar-refractivity contribution in [2.24, 2.45) is 11.8 Å². The van der Waals surface area contributed by atoms with Crippen LogP contribution in [0.2, 0.25) is 0 Å². The molecule has 1 saturated carbocycles. The predicted molar refractivity (Wildman–Crippen MR) is 80.5 cm³/mol. The van der Waals surface area contributed by atoms with Gasteiger partial charge in [-0.2, -0.15) is 0 Å². The zero-order valence-electron chi connectivity index (χ0n) is 12.5. The van der Waals surface area contributed by atoms with Crippen molar-refractivity contribution < 1.29 is 4.74 Å². The van der Waals surface area contributed by atoms with E-state index in [1.165, 1.54) is 24.8 Å². The first-order valence-electron chi connectivity index (χ1n) is 7.67. The van der Waals surface area contributed by atoms with Crippen molar-refractivity contribution in [2.75, 3.05) is 13.7 Å². The van der Waals surface area contributed by atoms with E-state index in [4.69, 9.17) is 4.74 Å². The second-order valence-electron chi connectivity index (χ2n) is 5.72. The Labute approximate surface area is 117 Å². The summed E-state index contributed by atoms with van der Waals surface area (Å²) in [6, 6.07) is 8.94. The molecule has 2 rings (SSSR count). The molecule has 0 amide bonds. The third-order valence-corrected chi connectivity index (χ3v) is 4.38. The van der Waals surface area contributed by atoms with Crippen LogP contribution < -0.4 is 10.1 Å². The molecule has 3 unspecified atom stereocenters. The van der Waals surface area contributed by atoms with E-state index in [9.17, 15) is 0 Å². The van der Waals surface area contributed by atoms with Gasteiger partial charge in [0.1, 0.15) is 5.75 Å². The lowest BCUT2D eigenvalue weighted by molar-refractivity contribution is 0.284. The standard InChI is InChI=1S/C17H27NO/c1-4-12-19-16-11-6-5-9-15(16)17(18-3)14-10-7-8-13(14)2/h5-6,9,11,13-14,17-18H,4,7-8,10,12H2,1-3H3. The van der Waals surface area contributed by atoms with Gasteiger partial charge in [-0.25, -0.2) is 0 Å². The first-order valence-corrected chi connectivity index (χ1v) is 7.67. The molecule has 0 radical (unpaired) electrons. The minimum absolute atomic E-state index is 0.422. The van der Waals surface area contributed by atoms with Crippen LogP contribution >= 0.6 is 0 Å². The maximum Gasteiger partial charge on any atom is 0.124 e. The molecule has 0 aromatic heterocycles. The highest BCUT2D eigenvalue weighted by Crippen LogP contribution is 2.42. The van der Waals surface area contributed by atoms with Crippen molar-refractivity contribution in [3.63, 3.8) is 0 Å². The number of nitrogens with one attached hydrogen (secondary N) is 1. The van der Waals surface area contributed by atoms with Crippen LogP contribution in [0.15, 0.2) is 24.3 Å². The zero-order chi connectivity index (χ0) is 13.7. The summed E-state index contributed by atoms with van der Waals surface area (Å²) in [6.45, 7) is 5.34. The molecule has 2 nitrogen and oxygen atoms in total. The van der Waals surface area contributed by atoms with Gasteiger partial charge in [-0.15, -0.1) is 0 Å². The Balaban J connectivity index is 2.22. The van der Waals surface area contributed by atoms with Crippen molar-refractivity contribution in [2.45, 2.75) is 45.6 Å². The molecule has 2 heteroatoms. The first-order chi connectivity index (χ1) is 9.27. The summed E-state index contributed by atoms with van der Waals surface area (Å²) < 4.78 is 5.92. The van der Waals surface area contributed by atoms with Crippen molar-refractivity contribution in [1.29, 1.82) is 0 Å². The number of ether oxygens (including phenoxy) is 1. The van der Waals surface area contributed by atoms with Gasteiger partial charge in [-0.1, -0.05) is 44.9 Å². The summed E-state index contributed by atoms with van der Waals surface area (Å²) in [5.41, 5.74) is 1.33.